The van der Waals surface area contributed by atoms with Gasteiger partial charge in [-0.2, -0.15) is 0 Å². The Labute approximate surface area is 207 Å². The van der Waals surface area contributed by atoms with Gasteiger partial charge < -0.3 is 25.2 Å². The molecule has 0 radical (unpaired) electrons. The maximum Gasteiger partial charge on any atom is 0.247 e. The second-order valence-corrected chi connectivity index (χ2v) is 10.7. The number of carbonyl (C=O) groups excluding carboxylic acids is 2. The molecule has 1 aromatic carbocycles. The molecule has 1 heterocycles. The van der Waals surface area contributed by atoms with Crippen molar-refractivity contribution in [1.29, 1.82) is 0 Å². The van der Waals surface area contributed by atoms with Gasteiger partial charge in [-0.15, -0.1) is 0 Å². The Kier molecular flexibility index (Phi) is 7.44. The Morgan fingerprint density at radius 1 is 1.03 bits per heavy atom. The molecular weight excluding hydrogens is 444 g/mol. The second kappa shape index (κ2) is 10.7. The fraction of sp³-hybridized carbons (Fsp3) is 0.643. The van der Waals surface area contributed by atoms with Crippen LogP contribution in [0.25, 0.3) is 0 Å². The van der Waals surface area contributed by atoms with Crippen LogP contribution in [0.1, 0.15) is 69.3 Å². The van der Waals surface area contributed by atoms with Gasteiger partial charge in [-0.25, -0.2) is 0 Å². The Hall–Kier alpha value is -2.38. The summed E-state index contributed by atoms with van der Waals surface area (Å²) in [6, 6.07) is 6.97. The number of rotatable bonds is 7. The van der Waals surface area contributed by atoms with Crippen LogP contribution in [0.5, 0.6) is 5.75 Å². The number of amides is 2. The lowest BCUT2D eigenvalue weighted by Crippen LogP contribution is -2.57. The lowest BCUT2D eigenvalue weighted by molar-refractivity contribution is -0.142. The number of carbonyl (C=O) groups is 2. The van der Waals surface area contributed by atoms with Gasteiger partial charge in [-0.05, 0) is 43.7 Å². The zero-order valence-electron chi connectivity index (χ0n) is 20.4. The Bertz CT molecular complexity index is 950. The van der Waals surface area contributed by atoms with Crippen LogP contribution in [0.2, 0.25) is 0 Å². The first-order chi connectivity index (χ1) is 17.1. The number of para-hydroxylation sites is 1. The molecule has 4 unspecified atom stereocenters. The highest BCUT2D eigenvalue weighted by atomic mass is 16.5. The van der Waals surface area contributed by atoms with E-state index in [4.69, 9.17) is 4.74 Å². The molecule has 1 aliphatic heterocycles. The quantitative estimate of drug-likeness (QED) is 0.555. The SMILES string of the molecule is O=C(NCCO)C1=CC(N(CC2CCCCC2)C(=O)C2CCCC2)C(O)C2Oc3ccccc3C12. The van der Waals surface area contributed by atoms with Gasteiger partial charge in [0.15, 0.2) is 0 Å². The van der Waals surface area contributed by atoms with E-state index in [0.29, 0.717) is 23.8 Å². The Morgan fingerprint density at radius 2 is 1.74 bits per heavy atom. The Balaban J connectivity index is 1.51. The fourth-order valence-corrected chi connectivity index (χ4v) is 6.60. The van der Waals surface area contributed by atoms with E-state index < -0.39 is 24.2 Å². The van der Waals surface area contributed by atoms with Crippen LogP contribution in [0.3, 0.4) is 0 Å². The molecule has 0 spiro atoms. The molecule has 0 aromatic heterocycles. The van der Waals surface area contributed by atoms with E-state index in [1.165, 1.54) is 19.3 Å². The van der Waals surface area contributed by atoms with E-state index in [1.54, 1.807) is 0 Å². The van der Waals surface area contributed by atoms with Crippen LogP contribution in [-0.4, -0.2) is 64.9 Å². The number of ether oxygens (including phenoxy) is 1. The predicted octanol–water partition coefficient (Wildman–Crippen LogP) is 2.91. The molecule has 7 nitrogen and oxygen atoms in total. The minimum atomic E-state index is -0.935. The van der Waals surface area contributed by atoms with Gasteiger partial charge in [0.05, 0.1) is 18.6 Å². The van der Waals surface area contributed by atoms with Crippen molar-refractivity contribution in [1.82, 2.24) is 10.2 Å². The molecule has 3 aliphatic carbocycles. The highest BCUT2D eigenvalue weighted by Crippen LogP contribution is 2.47. The number of fused-ring (bicyclic) bond motifs is 3. The normalized spacial score (nSPS) is 28.6. The number of nitrogens with zero attached hydrogens (tertiary/aromatic N) is 1. The summed E-state index contributed by atoms with van der Waals surface area (Å²) in [6.07, 6.45) is 9.95. The molecule has 4 atom stereocenters. The highest BCUT2D eigenvalue weighted by molar-refractivity contribution is 5.96. The first-order valence-electron chi connectivity index (χ1n) is 13.4. The molecular formula is C28H38N2O5. The highest BCUT2D eigenvalue weighted by Gasteiger charge is 2.51. The molecule has 1 aromatic rings. The largest absolute Gasteiger partial charge is 0.486 e. The summed E-state index contributed by atoms with van der Waals surface area (Å²) in [5, 5.41) is 23.7. The minimum absolute atomic E-state index is 0.00901. The number of hydrogen-bond acceptors (Lipinski definition) is 5. The van der Waals surface area contributed by atoms with Crippen molar-refractivity contribution in [3.8, 4) is 5.75 Å². The van der Waals surface area contributed by atoms with E-state index in [2.05, 4.69) is 5.32 Å². The molecule has 7 heteroatoms. The van der Waals surface area contributed by atoms with Gasteiger partial charge in [-0.3, -0.25) is 9.59 Å². The molecule has 5 rings (SSSR count). The summed E-state index contributed by atoms with van der Waals surface area (Å²) in [6.45, 7) is 0.611. The maximum absolute atomic E-state index is 13.8. The number of aliphatic hydroxyl groups is 2. The van der Waals surface area contributed by atoms with Gasteiger partial charge in [-0.1, -0.05) is 50.3 Å². The van der Waals surface area contributed by atoms with Crippen LogP contribution >= 0.6 is 0 Å². The predicted molar refractivity (Wildman–Crippen MR) is 132 cm³/mol. The number of hydrogen-bond donors (Lipinski definition) is 3. The average Bonchev–Trinajstić information content (AvgIpc) is 3.56. The number of benzene rings is 1. The van der Waals surface area contributed by atoms with Gasteiger partial charge in [0, 0.05) is 30.1 Å². The number of nitrogens with one attached hydrogen (secondary N) is 1. The third-order valence-electron chi connectivity index (χ3n) is 8.40. The van der Waals surface area contributed by atoms with Gasteiger partial charge in [0.2, 0.25) is 11.8 Å². The van der Waals surface area contributed by atoms with Gasteiger partial charge in [0.1, 0.15) is 18.0 Å². The zero-order chi connectivity index (χ0) is 24.4. The van der Waals surface area contributed by atoms with Gasteiger partial charge in [0.25, 0.3) is 0 Å². The summed E-state index contributed by atoms with van der Waals surface area (Å²) in [5.74, 6) is 0.499. The zero-order valence-corrected chi connectivity index (χ0v) is 20.4. The van der Waals surface area contributed by atoms with Crippen molar-refractivity contribution < 1.29 is 24.5 Å². The first kappa shape index (κ1) is 24.3. The second-order valence-electron chi connectivity index (χ2n) is 10.7. The third kappa shape index (κ3) is 4.85. The Morgan fingerprint density at radius 3 is 2.49 bits per heavy atom. The molecule has 0 saturated heterocycles. The number of aliphatic hydroxyl groups excluding tert-OH is 2. The first-order valence-corrected chi connectivity index (χ1v) is 13.4. The van der Waals surface area contributed by atoms with Crippen molar-refractivity contribution in [3.63, 3.8) is 0 Å². The molecule has 2 amide bonds. The lowest BCUT2D eigenvalue weighted by atomic mass is 9.77. The van der Waals surface area contributed by atoms with Crippen LogP contribution < -0.4 is 10.1 Å². The summed E-state index contributed by atoms with van der Waals surface area (Å²) in [5.41, 5.74) is 1.39. The standard InChI is InChI=1S/C28H38N2O5/c31-15-14-29-27(33)21-16-22(25(32)26-24(21)20-12-6-7-13-23(20)35-26)30(17-18-8-2-1-3-9-18)28(34)19-10-4-5-11-19/h6-7,12-13,16,18-19,22,24-26,31-32H,1-5,8-11,14-15,17H2,(H,29,33). The van der Waals surface area contributed by atoms with Crippen LogP contribution in [-0.2, 0) is 9.59 Å². The van der Waals surface area contributed by atoms with Crippen molar-refractivity contribution in [2.24, 2.45) is 11.8 Å². The van der Waals surface area contributed by atoms with Crippen molar-refractivity contribution in [2.75, 3.05) is 19.7 Å². The summed E-state index contributed by atoms with van der Waals surface area (Å²) < 4.78 is 6.23. The van der Waals surface area contributed by atoms with E-state index in [0.717, 1.165) is 44.1 Å². The monoisotopic (exact) mass is 482 g/mol. The summed E-state index contributed by atoms with van der Waals surface area (Å²) in [4.78, 5) is 29.0. The smallest absolute Gasteiger partial charge is 0.247 e. The van der Waals surface area contributed by atoms with Crippen molar-refractivity contribution >= 4 is 11.8 Å². The maximum atomic E-state index is 13.8. The van der Waals surface area contributed by atoms with E-state index in [-0.39, 0.29) is 30.9 Å². The lowest BCUT2D eigenvalue weighted by Gasteiger charge is -2.43. The molecule has 4 aliphatic rings. The van der Waals surface area contributed by atoms with Crippen molar-refractivity contribution in [3.05, 3.63) is 41.5 Å². The molecule has 190 valence electrons. The third-order valence-corrected chi connectivity index (χ3v) is 8.40. The molecule has 2 fully saturated rings. The topological polar surface area (TPSA) is 99.1 Å². The fourth-order valence-electron chi connectivity index (χ4n) is 6.60. The van der Waals surface area contributed by atoms with E-state index in [9.17, 15) is 19.8 Å². The van der Waals surface area contributed by atoms with Crippen molar-refractivity contribution in [2.45, 2.75) is 82.0 Å². The molecule has 0 bridgehead atoms. The molecule has 35 heavy (non-hydrogen) atoms. The van der Waals surface area contributed by atoms with Crippen LogP contribution in [0.15, 0.2) is 35.9 Å². The van der Waals surface area contributed by atoms with E-state index >= 15 is 0 Å². The molecule has 2 saturated carbocycles. The van der Waals surface area contributed by atoms with E-state index in [1.807, 2.05) is 35.2 Å². The van der Waals surface area contributed by atoms with Crippen LogP contribution in [0.4, 0.5) is 0 Å². The molecule has 3 N–H and O–H groups in total. The minimum Gasteiger partial charge on any atom is -0.486 e. The van der Waals surface area contributed by atoms with Crippen LogP contribution in [0, 0.1) is 11.8 Å². The van der Waals surface area contributed by atoms with Gasteiger partial charge >= 0.3 is 0 Å². The summed E-state index contributed by atoms with van der Waals surface area (Å²) >= 11 is 0. The average molecular weight is 483 g/mol. The summed E-state index contributed by atoms with van der Waals surface area (Å²) in [7, 11) is 0.